The fourth-order valence-electron chi connectivity index (χ4n) is 2.12. The Labute approximate surface area is 140 Å². The lowest BCUT2D eigenvalue weighted by molar-refractivity contribution is -0.116. The number of carbonyl (C=O) groups is 2. The highest BCUT2D eigenvalue weighted by Gasteiger charge is 2.10. The number of pyridine rings is 1. The van der Waals surface area contributed by atoms with Crippen LogP contribution in [-0.4, -0.2) is 16.8 Å². The second kappa shape index (κ2) is 8.19. The Morgan fingerprint density at radius 3 is 2.67 bits per heavy atom. The molecular formula is C18H20FN3O2. The van der Waals surface area contributed by atoms with Crippen LogP contribution in [0.25, 0.3) is 0 Å². The zero-order chi connectivity index (χ0) is 17.5. The van der Waals surface area contributed by atoms with Gasteiger partial charge in [0.25, 0.3) is 5.91 Å². The smallest absolute Gasteiger partial charge is 0.256 e. The van der Waals surface area contributed by atoms with E-state index >= 15 is 0 Å². The number of unbranched alkanes of at least 4 members (excludes halogenated alkanes) is 1. The molecule has 0 aliphatic rings. The maximum absolute atomic E-state index is 13.2. The van der Waals surface area contributed by atoms with E-state index in [1.54, 1.807) is 6.07 Å². The van der Waals surface area contributed by atoms with Crippen LogP contribution in [0.4, 0.5) is 15.9 Å². The molecule has 0 unspecified atom stereocenters. The van der Waals surface area contributed by atoms with Crippen LogP contribution >= 0.6 is 0 Å². The Morgan fingerprint density at radius 2 is 2.00 bits per heavy atom. The number of aryl methyl sites for hydroxylation is 1. The number of nitrogens with one attached hydrogen (secondary N) is 2. The number of hydrogen-bond donors (Lipinski definition) is 2. The van der Waals surface area contributed by atoms with E-state index in [1.807, 2.05) is 13.8 Å². The van der Waals surface area contributed by atoms with Gasteiger partial charge < -0.3 is 10.6 Å². The van der Waals surface area contributed by atoms with Gasteiger partial charge in [-0.3, -0.25) is 9.59 Å². The SMILES string of the molecule is CCCCC(=O)Nc1cnc(NC(=O)c2cccc(F)c2)cc1C. The number of anilines is 2. The van der Waals surface area contributed by atoms with Gasteiger partial charge in [0.1, 0.15) is 11.6 Å². The van der Waals surface area contributed by atoms with Crippen LogP contribution < -0.4 is 10.6 Å². The molecule has 2 aromatic rings. The number of hydrogen-bond acceptors (Lipinski definition) is 3. The van der Waals surface area contributed by atoms with Crippen molar-refractivity contribution in [3.8, 4) is 0 Å². The van der Waals surface area contributed by atoms with Gasteiger partial charge >= 0.3 is 0 Å². The number of aromatic nitrogens is 1. The van der Waals surface area contributed by atoms with Crippen LogP contribution in [-0.2, 0) is 4.79 Å². The fraction of sp³-hybridized carbons (Fsp3) is 0.278. The van der Waals surface area contributed by atoms with Crippen molar-refractivity contribution < 1.29 is 14.0 Å². The maximum atomic E-state index is 13.2. The molecule has 1 heterocycles. The molecule has 0 radical (unpaired) electrons. The van der Waals surface area contributed by atoms with E-state index in [1.165, 1.54) is 24.4 Å². The largest absolute Gasteiger partial charge is 0.325 e. The Hall–Kier alpha value is -2.76. The van der Waals surface area contributed by atoms with Gasteiger partial charge in [-0.25, -0.2) is 9.37 Å². The highest BCUT2D eigenvalue weighted by Crippen LogP contribution is 2.18. The Balaban J connectivity index is 2.04. The van der Waals surface area contributed by atoms with Gasteiger partial charge in [-0.05, 0) is 43.2 Å². The van der Waals surface area contributed by atoms with E-state index in [2.05, 4.69) is 15.6 Å². The summed E-state index contributed by atoms with van der Waals surface area (Å²) in [6.45, 7) is 3.84. The van der Waals surface area contributed by atoms with E-state index in [0.29, 0.717) is 17.9 Å². The summed E-state index contributed by atoms with van der Waals surface area (Å²) in [6, 6.07) is 7.08. The average Bonchev–Trinajstić information content (AvgIpc) is 2.55. The van der Waals surface area contributed by atoms with Gasteiger partial charge in [0.15, 0.2) is 0 Å². The molecule has 0 fully saturated rings. The first-order valence-corrected chi connectivity index (χ1v) is 7.83. The predicted molar refractivity (Wildman–Crippen MR) is 91.5 cm³/mol. The minimum atomic E-state index is -0.475. The molecule has 0 aliphatic heterocycles. The van der Waals surface area contributed by atoms with E-state index in [9.17, 15) is 14.0 Å². The van der Waals surface area contributed by atoms with Gasteiger partial charge in [-0.1, -0.05) is 19.4 Å². The van der Waals surface area contributed by atoms with Crippen molar-refractivity contribution in [2.24, 2.45) is 0 Å². The molecule has 2 rings (SSSR count). The summed E-state index contributed by atoms with van der Waals surface area (Å²) in [5.74, 6) is -0.635. The molecule has 0 spiro atoms. The molecule has 0 saturated heterocycles. The molecule has 6 heteroatoms. The molecule has 5 nitrogen and oxygen atoms in total. The minimum absolute atomic E-state index is 0.0571. The molecule has 0 aliphatic carbocycles. The second-order valence-corrected chi connectivity index (χ2v) is 5.50. The van der Waals surface area contributed by atoms with Crippen LogP contribution in [0.1, 0.15) is 42.1 Å². The van der Waals surface area contributed by atoms with Gasteiger partial charge in [0.2, 0.25) is 5.91 Å². The molecular weight excluding hydrogens is 309 g/mol. The van der Waals surface area contributed by atoms with Gasteiger partial charge in [0, 0.05) is 12.0 Å². The van der Waals surface area contributed by atoms with Crippen LogP contribution in [0.2, 0.25) is 0 Å². The van der Waals surface area contributed by atoms with E-state index in [0.717, 1.165) is 24.5 Å². The molecule has 2 N–H and O–H groups in total. The second-order valence-electron chi connectivity index (χ2n) is 5.50. The molecule has 1 aromatic carbocycles. The van der Waals surface area contributed by atoms with Crippen molar-refractivity contribution in [2.45, 2.75) is 33.1 Å². The number of benzene rings is 1. The number of rotatable bonds is 6. The van der Waals surface area contributed by atoms with Crippen molar-refractivity contribution >= 4 is 23.3 Å². The highest BCUT2D eigenvalue weighted by atomic mass is 19.1. The summed E-state index contributed by atoms with van der Waals surface area (Å²) in [5, 5.41) is 5.41. The van der Waals surface area contributed by atoms with Crippen molar-refractivity contribution in [1.82, 2.24) is 4.98 Å². The highest BCUT2D eigenvalue weighted by molar-refractivity contribution is 6.03. The first kappa shape index (κ1) is 17.6. The zero-order valence-corrected chi connectivity index (χ0v) is 13.7. The number of nitrogens with zero attached hydrogens (tertiary/aromatic N) is 1. The summed E-state index contributed by atoms with van der Waals surface area (Å²) in [6.07, 6.45) is 3.75. The molecule has 0 bridgehead atoms. The number of carbonyl (C=O) groups excluding carboxylic acids is 2. The molecule has 2 amide bonds. The lowest BCUT2D eigenvalue weighted by atomic mass is 10.2. The molecule has 0 saturated carbocycles. The van der Waals surface area contributed by atoms with Crippen LogP contribution in [0.15, 0.2) is 36.5 Å². The quantitative estimate of drug-likeness (QED) is 0.844. The van der Waals surface area contributed by atoms with Gasteiger partial charge in [0.05, 0.1) is 11.9 Å². The molecule has 1 aromatic heterocycles. The third kappa shape index (κ3) is 4.87. The summed E-state index contributed by atoms with van der Waals surface area (Å²) < 4.78 is 13.2. The van der Waals surface area contributed by atoms with E-state index < -0.39 is 11.7 Å². The normalized spacial score (nSPS) is 10.3. The zero-order valence-electron chi connectivity index (χ0n) is 13.7. The van der Waals surface area contributed by atoms with Gasteiger partial charge in [-0.2, -0.15) is 0 Å². The van der Waals surface area contributed by atoms with E-state index in [-0.39, 0.29) is 11.5 Å². The van der Waals surface area contributed by atoms with Crippen LogP contribution in [0.5, 0.6) is 0 Å². The average molecular weight is 329 g/mol. The molecule has 24 heavy (non-hydrogen) atoms. The first-order chi connectivity index (χ1) is 11.5. The topological polar surface area (TPSA) is 71.1 Å². The van der Waals surface area contributed by atoms with E-state index in [4.69, 9.17) is 0 Å². The number of halogens is 1. The van der Waals surface area contributed by atoms with Crippen LogP contribution in [0, 0.1) is 12.7 Å². The first-order valence-electron chi connectivity index (χ1n) is 7.83. The fourth-order valence-corrected chi connectivity index (χ4v) is 2.12. The van der Waals surface area contributed by atoms with Crippen molar-refractivity contribution in [2.75, 3.05) is 10.6 Å². The molecule has 126 valence electrons. The standard InChI is InChI=1S/C18H20FN3O2/c1-3-4-8-17(23)21-15-11-20-16(9-12(15)2)22-18(24)13-6-5-7-14(19)10-13/h5-7,9-11H,3-4,8H2,1-2H3,(H,21,23)(H,20,22,24). The maximum Gasteiger partial charge on any atom is 0.256 e. The molecule has 0 atom stereocenters. The van der Waals surface area contributed by atoms with Crippen molar-refractivity contribution in [3.63, 3.8) is 0 Å². The van der Waals surface area contributed by atoms with Crippen molar-refractivity contribution in [1.29, 1.82) is 0 Å². The summed E-state index contributed by atoms with van der Waals surface area (Å²) in [5.41, 5.74) is 1.61. The van der Waals surface area contributed by atoms with Crippen LogP contribution in [0.3, 0.4) is 0 Å². The Bertz CT molecular complexity index is 747. The Morgan fingerprint density at radius 1 is 1.21 bits per heavy atom. The van der Waals surface area contributed by atoms with Gasteiger partial charge in [-0.15, -0.1) is 0 Å². The monoisotopic (exact) mass is 329 g/mol. The summed E-state index contributed by atoms with van der Waals surface area (Å²) in [7, 11) is 0. The third-order valence-corrected chi connectivity index (χ3v) is 3.47. The van der Waals surface area contributed by atoms with Crippen molar-refractivity contribution in [3.05, 3.63) is 53.5 Å². The minimum Gasteiger partial charge on any atom is -0.325 e. The predicted octanol–water partition coefficient (Wildman–Crippen LogP) is 3.91. The summed E-state index contributed by atoms with van der Waals surface area (Å²) >= 11 is 0. The number of amides is 2. The lowest BCUT2D eigenvalue weighted by Gasteiger charge is -2.10. The lowest BCUT2D eigenvalue weighted by Crippen LogP contribution is -2.15. The third-order valence-electron chi connectivity index (χ3n) is 3.47. The Kier molecular flexibility index (Phi) is 6.01. The summed E-state index contributed by atoms with van der Waals surface area (Å²) in [4.78, 5) is 28.0.